The average Bonchev–Trinajstić information content (AvgIpc) is 3.05. The van der Waals surface area contributed by atoms with Crippen LogP contribution in [-0.2, 0) is 0 Å². The largest absolute Gasteiger partial charge is 0.391 e. The van der Waals surface area contributed by atoms with Crippen LogP contribution in [0.15, 0.2) is 18.2 Å². The third-order valence-corrected chi connectivity index (χ3v) is 7.19. The van der Waals surface area contributed by atoms with E-state index in [0.29, 0.717) is 16.5 Å². The molecule has 4 nitrogen and oxygen atoms in total. The van der Waals surface area contributed by atoms with E-state index >= 15 is 0 Å². The molecule has 1 amide bonds. The lowest BCUT2D eigenvalue weighted by molar-refractivity contribution is -0.0836. The van der Waals surface area contributed by atoms with Crippen LogP contribution in [0.5, 0.6) is 0 Å². The third kappa shape index (κ3) is 1.62. The first-order valence-corrected chi connectivity index (χ1v) is 8.82. The monoisotopic (exact) mass is 333 g/mol. The molecule has 1 aromatic rings. The molecule has 1 saturated heterocycles. The molecule has 1 heterocycles. The zero-order chi connectivity index (χ0) is 16.0. The maximum atomic E-state index is 13.2. The number of fused-ring (bicyclic) bond motifs is 3. The molecule has 1 aromatic carbocycles. The van der Waals surface area contributed by atoms with Crippen molar-refractivity contribution < 1.29 is 15.0 Å². The maximum Gasteiger partial charge on any atom is 0.256 e. The minimum atomic E-state index is -0.452. The lowest BCUT2D eigenvalue weighted by atomic mass is 9.75. The number of halogens is 1. The summed E-state index contributed by atoms with van der Waals surface area (Å²) in [5.41, 5.74) is 1.48. The molecule has 5 rings (SSSR count). The normalized spacial score (nSPS) is 46.0. The number of hydrogen-bond acceptors (Lipinski definition) is 3. The number of carbonyl (C=O) groups excluding carboxylic acids is 1. The number of amides is 1. The van der Waals surface area contributed by atoms with Crippen molar-refractivity contribution in [3.8, 4) is 0 Å². The first kappa shape index (κ1) is 14.3. The second-order valence-electron chi connectivity index (χ2n) is 7.78. The molecule has 0 spiro atoms. The van der Waals surface area contributed by atoms with Gasteiger partial charge in [-0.1, -0.05) is 17.7 Å². The van der Waals surface area contributed by atoms with Gasteiger partial charge in [0, 0.05) is 0 Å². The average molecular weight is 334 g/mol. The molecule has 0 aromatic heterocycles. The number of aliphatic hydroxyl groups excluding tert-OH is 2. The Bertz CT molecular complexity index is 708. The van der Waals surface area contributed by atoms with E-state index in [0.717, 1.165) is 18.4 Å². The van der Waals surface area contributed by atoms with Crippen molar-refractivity contribution in [3.05, 3.63) is 34.3 Å². The van der Waals surface area contributed by atoms with Crippen molar-refractivity contribution in [2.45, 2.75) is 44.1 Å². The Labute approximate surface area is 140 Å². The van der Waals surface area contributed by atoms with Crippen molar-refractivity contribution in [2.24, 2.45) is 23.7 Å². The standard InChI is InChI=1S/C18H20ClNO3/c1-7-2-3-8(12(19)4-7)18(23)20-13-6-9-10-5-11(14(9)17(13)22)15(20)16(10)21/h2-4,9-11,13-17,21-22H,5-6H2,1H3/t9-,10-,11+,13+,14+,15-,16+,17-/m1/s1. The first-order valence-electron chi connectivity index (χ1n) is 8.44. The van der Waals surface area contributed by atoms with E-state index in [1.807, 2.05) is 13.0 Å². The van der Waals surface area contributed by atoms with Crippen molar-refractivity contribution >= 4 is 17.5 Å². The van der Waals surface area contributed by atoms with E-state index in [9.17, 15) is 15.0 Å². The summed E-state index contributed by atoms with van der Waals surface area (Å²) in [7, 11) is 0. The molecule has 4 aliphatic rings. The summed E-state index contributed by atoms with van der Waals surface area (Å²) in [6.45, 7) is 1.94. The van der Waals surface area contributed by atoms with Gasteiger partial charge in [0.25, 0.3) is 5.91 Å². The van der Waals surface area contributed by atoms with E-state index in [-0.39, 0.29) is 35.7 Å². The Balaban J connectivity index is 1.58. The molecule has 0 radical (unpaired) electrons. The van der Waals surface area contributed by atoms with Crippen molar-refractivity contribution in [1.82, 2.24) is 4.90 Å². The highest BCUT2D eigenvalue weighted by molar-refractivity contribution is 6.33. The molecule has 3 aliphatic carbocycles. The lowest BCUT2D eigenvalue weighted by Crippen LogP contribution is -2.62. The van der Waals surface area contributed by atoms with Crippen molar-refractivity contribution in [3.63, 3.8) is 0 Å². The number of nitrogens with zero attached hydrogens (tertiary/aromatic N) is 1. The number of carbonyl (C=O) groups is 1. The minimum absolute atomic E-state index is 0.144. The Morgan fingerprint density at radius 3 is 2.70 bits per heavy atom. The highest BCUT2D eigenvalue weighted by Crippen LogP contribution is 2.64. The van der Waals surface area contributed by atoms with Gasteiger partial charge in [-0.3, -0.25) is 4.79 Å². The van der Waals surface area contributed by atoms with Gasteiger partial charge in [-0.25, -0.2) is 0 Å². The SMILES string of the molecule is Cc1ccc(C(=O)N2[C@H]3[C@@H](O)[C@@H]4C[C@H]3[C@H]3[C@H](O)[C@@H]2C[C@H]43)c(Cl)c1. The Morgan fingerprint density at radius 2 is 1.96 bits per heavy atom. The fourth-order valence-electron chi connectivity index (χ4n) is 6.12. The number of piperidine rings is 1. The molecule has 4 bridgehead atoms. The smallest absolute Gasteiger partial charge is 0.256 e. The van der Waals surface area contributed by atoms with E-state index < -0.39 is 12.2 Å². The van der Waals surface area contributed by atoms with Crippen LogP contribution in [0, 0.1) is 30.6 Å². The van der Waals surface area contributed by atoms with Crippen LogP contribution < -0.4 is 0 Å². The summed E-state index contributed by atoms with van der Waals surface area (Å²) in [6.07, 6.45) is 0.852. The molecule has 122 valence electrons. The molecule has 4 fully saturated rings. The highest BCUT2D eigenvalue weighted by Gasteiger charge is 2.70. The highest BCUT2D eigenvalue weighted by atomic mass is 35.5. The quantitative estimate of drug-likeness (QED) is 0.824. The van der Waals surface area contributed by atoms with Gasteiger partial charge < -0.3 is 15.1 Å². The Morgan fingerprint density at radius 1 is 1.17 bits per heavy atom. The lowest BCUT2D eigenvalue weighted by Gasteiger charge is -2.48. The van der Waals surface area contributed by atoms with Gasteiger partial charge in [0.05, 0.1) is 34.9 Å². The molecule has 2 N–H and O–H groups in total. The molecular weight excluding hydrogens is 314 g/mol. The zero-order valence-electron chi connectivity index (χ0n) is 12.9. The van der Waals surface area contributed by atoms with Gasteiger partial charge in [-0.05, 0) is 61.1 Å². The number of likely N-dealkylation sites (tertiary alicyclic amines) is 1. The minimum Gasteiger partial charge on any atom is -0.391 e. The first-order chi connectivity index (χ1) is 11.0. The summed E-state index contributed by atoms with van der Waals surface area (Å²) >= 11 is 6.29. The van der Waals surface area contributed by atoms with Crippen LogP contribution in [0.25, 0.3) is 0 Å². The van der Waals surface area contributed by atoms with Crippen LogP contribution in [0.2, 0.25) is 5.02 Å². The predicted molar refractivity (Wildman–Crippen MR) is 85.1 cm³/mol. The fourth-order valence-corrected chi connectivity index (χ4v) is 6.43. The second kappa shape index (κ2) is 4.50. The van der Waals surface area contributed by atoms with Gasteiger partial charge in [0.2, 0.25) is 0 Å². The number of aliphatic hydroxyl groups is 2. The number of aryl methyl sites for hydroxylation is 1. The van der Waals surface area contributed by atoms with Gasteiger partial charge >= 0.3 is 0 Å². The predicted octanol–water partition coefficient (Wildman–Crippen LogP) is 1.85. The molecular formula is C18H20ClNO3. The molecule has 1 aliphatic heterocycles. The summed E-state index contributed by atoms with van der Waals surface area (Å²) in [5.74, 6) is 0.992. The summed E-state index contributed by atoms with van der Waals surface area (Å²) in [5, 5.41) is 21.8. The van der Waals surface area contributed by atoms with Crippen molar-refractivity contribution in [2.75, 3.05) is 0 Å². The molecule has 5 heteroatoms. The molecule has 8 atom stereocenters. The number of benzene rings is 1. The zero-order valence-corrected chi connectivity index (χ0v) is 13.6. The Hall–Kier alpha value is -1.10. The fraction of sp³-hybridized carbons (Fsp3) is 0.611. The van der Waals surface area contributed by atoms with Crippen LogP contribution >= 0.6 is 11.6 Å². The number of hydrogen-bond donors (Lipinski definition) is 2. The third-order valence-electron chi connectivity index (χ3n) is 6.88. The van der Waals surface area contributed by atoms with Gasteiger partial charge in [-0.2, -0.15) is 0 Å². The summed E-state index contributed by atoms with van der Waals surface area (Å²) in [6, 6.07) is 5.11. The topological polar surface area (TPSA) is 60.8 Å². The summed E-state index contributed by atoms with van der Waals surface area (Å²) in [4.78, 5) is 15.0. The van der Waals surface area contributed by atoms with Crippen LogP contribution in [0.3, 0.4) is 0 Å². The Kier molecular flexibility index (Phi) is 2.79. The van der Waals surface area contributed by atoms with E-state index in [1.54, 1.807) is 17.0 Å². The van der Waals surface area contributed by atoms with E-state index in [1.165, 1.54) is 0 Å². The molecule has 0 unspecified atom stereocenters. The van der Waals surface area contributed by atoms with Crippen LogP contribution in [0.1, 0.15) is 28.8 Å². The van der Waals surface area contributed by atoms with Gasteiger partial charge in [0.15, 0.2) is 0 Å². The van der Waals surface area contributed by atoms with Crippen LogP contribution in [0.4, 0.5) is 0 Å². The van der Waals surface area contributed by atoms with E-state index in [2.05, 4.69) is 0 Å². The molecule has 3 saturated carbocycles. The maximum absolute atomic E-state index is 13.2. The van der Waals surface area contributed by atoms with Gasteiger partial charge in [-0.15, -0.1) is 0 Å². The summed E-state index contributed by atoms with van der Waals surface area (Å²) < 4.78 is 0. The molecule has 23 heavy (non-hydrogen) atoms. The number of rotatable bonds is 1. The van der Waals surface area contributed by atoms with Crippen LogP contribution in [-0.4, -0.2) is 45.3 Å². The van der Waals surface area contributed by atoms with Crippen molar-refractivity contribution in [1.29, 1.82) is 0 Å². The second-order valence-corrected chi connectivity index (χ2v) is 8.18. The van der Waals surface area contributed by atoms with Gasteiger partial charge in [0.1, 0.15) is 0 Å². The van der Waals surface area contributed by atoms with E-state index in [4.69, 9.17) is 11.6 Å².